The largest absolute Gasteiger partial charge is 0.351 e. The molecule has 0 fully saturated rings. The molecule has 1 unspecified atom stereocenters. The molecule has 0 spiro atoms. The Balaban J connectivity index is 1.65. The van der Waals surface area contributed by atoms with Crippen LogP contribution in [-0.4, -0.2) is 20.8 Å². The van der Waals surface area contributed by atoms with Gasteiger partial charge in [-0.1, -0.05) is 23.7 Å². The first-order chi connectivity index (χ1) is 13.1. The third-order valence-corrected chi connectivity index (χ3v) is 5.58. The summed E-state index contributed by atoms with van der Waals surface area (Å²) in [6, 6.07) is 15.2. The number of nitrogens with two attached hydrogens (primary N) is 1. The molecular formula is C20H21ClN4OS. The number of thioether (sulfide) groups is 1. The molecule has 0 radical (unpaired) electrons. The van der Waals surface area contributed by atoms with E-state index in [0.29, 0.717) is 10.9 Å². The zero-order valence-electron chi connectivity index (χ0n) is 14.7. The number of rotatable bonds is 8. The first-order valence-electron chi connectivity index (χ1n) is 8.62. The van der Waals surface area contributed by atoms with Gasteiger partial charge in [0.25, 0.3) is 0 Å². The van der Waals surface area contributed by atoms with Gasteiger partial charge in [0.2, 0.25) is 0 Å². The fraction of sp³-hybridized carbons (Fsp3) is 0.200. The Morgan fingerprint density at radius 2 is 1.93 bits per heavy atom. The first-order valence-corrected chi connectivity index (χ1v) is 9.87. The molecule has 7 heteroatoms. The predicted octanol–water partition coefficient (Wildman–Crippen LogP) is 4.82. The van der Waals surface area contributed by atoms with E-state index in [-0.39, 0.29) is 0 Å². The zero-order chi connectivity index (χ0) is 19.1. The topological polar surface area (TPSA) is 72.9 Å². The summed E-state index contributed by atoms with van der Waals surface area (Å²) in [6.45, 7) is 0.875. The van der Waals surface area contributed by atoms with Crippen molar-refractivity contribution in [2.45, 2.75) is 29.5 Å². The summed E-state index contributed by atoms with van der Waals surface area (Å²) < 4.78 is 2.10. The quantitative estimate of drug-likeness (QED) is 0.532. The number of hydrogen-bond acceptors (Lipinski definition) is 3. The Morgan fingerprint density at radius 3 is 2.56 bits per heavy atom. The van der Waals surface area contributed by atoms with Crippen LogP contribution in [0.4, 0.5) is 10.5 Å². The van der Waals surface area contributed by atoms with Crippen LogP contribution in [0.25, 0.3) is 0 Å². The molecule has 0 aliphatic heterocycles. The number of amides is 2. The summed E-state index contributed by atoms with van der Waals surface area (Å²) in [5.74, 6) is 0. The lowest BCUT2D eigenvalue weighted by molar-refractivity contribution is 0.259. The van der Waals surface area contributed by atoms with Crippen molar-refractivity contribution in [2.75, 3.05) is 5.32 Å². The minimum absolute atomic E-state index is 0.379. The van der Waals surface area contributed by atoms with E-state index in [4.69, 9.17) is 17.3 Å². The number of hydrogen-bond donors (Lipinski definition) is 2. The zero-order valence-corrected chi connectivity index (χ0v) is 16.3. The first kappa shape index (κ1) is 19.3. The van der Waals surface area contributed by atoms with Gasteiger partial charge in [-0.25, -0.2) is 9.78 Å². The van der Waals surface area contributed by atoms with E-state index < -0.39 is 6.03 Å². The average molecular weight is 401 g/mol. The number of carbonyl (C=O) groups excluding carboxylic acids is 1. The number of benzene rings is 2. The second-order valence-corrected chi connectivity index (χ2v) is 7.99. The smallest absolute Gasteiger partial charge is 0.316 e. The minimum Gasteiger partial charge on any atom is -0.351 e. The highest BCUT2D eigenvalue weighted by atomic mass is 35.5. The van der Waals surface area contributed by atoms with E-state index in [2.05, 4.69) is 27.0 Å². The van der Waals surface area contributed by atoms with Crippen molar-refractivity contribution in [1.29, 1.82) is 0 Å². The van der Waals surface area contributed by atoms with Gasteiger partial charge in [0.05, 0.1) is 6.33 Å². The van der Waals surface area contributed by atoms with E-state index in [1.54, 1.807) is 6.20 Å². The monoisotopic (exact) mass is 400 g/mol. The molecule has 3 aromatic rings. The minimum atomic E-state index is -0.559. The lowest BCUT2D eigenvalue weighted by atomic mass is 10.1. The van der Waals surface area contributed by atoms with Crippen LogP contribution >= 0.6 is 23.4 Å². The third-order valence-electron chi connectivity index (χ3n) is 4.07. The van der Waals surface area contributed by atoms with Gasteiger partial charge in [-0.2, -0.15) is 0 Å². The van der Waals surface area contributed by atoms with Gasteiger partial charge >= 0.3 is 6.03 Å². The standard InChI is InChI=1S/C20H21ClN4OS/c21-16-4-1-15(2-5-16)3-8-19(13-25-12-11-23-14-25)27-18-9-6-17(7-10-18)24-20(22)26/h1-2,4-7,9-12,14,19H,3,8,13H2,(H3,22,24,26). The third kappa shape index (κ3) is 6.34. The number of nitrogens with zero attached hydrogens (tertiary/aromatic N) is 2. The second kappa shape index (κ2) is 9.48. The number of halogens is 1. The molecule has 1 atom stereocenters. The summed E-state index contributed by atoms with van der Waals surface area (Å²) >= 11 is 7.79. The number of nitrogens with one attached hydrogen (secondary N) is 1. The molecular weight excluding hydrogens is 380 g/mol. The fourth-order valence-electron chi connectivity index (χ4n) is 2.75. The van der Waals surface area contributed by atoms with Gasteiger partial charge in [0.1, 0.15) is 0 Å². The molecule has 2 amide bonds. The SMILES string of the molecule is NC(=O)Nc1ccc(SC(CCc2ccc(Cl)cc2)Cn2ccnc2)cc1. The molecule has 1 aromatic heterocycles. The Bertz CT molecular complexity index is 851. The summed E-state index contributed by atoms with van der Waals surface area (Å²) in [7, 11) is 0. The number of imidazole rings is 1. The molecule has 2 aromatic carbocycles. The van der Waals surface area contributed by atoms with Crippen molar-refractivity contribution >= 4 is 35.1 Å². The van der Waals surface area contributed by atoms with E-state index >= 15 is 0 Å². The maximum Gasteiger partial charge on any atom is 0.316 e. The van der Waals surface area contributed by atoms with Crippen molar-refractivity contribution < 1.29 is 4.79 Å². The molecule has 27 heavy (non-hydrogen) atoms. The van der Waals surface area contributed by atoms with Gasteiger partial charge in [-0.3, -0.25) is 0 Å². The lowest BCUT2D eigenvalue weighted by Gasteiger charge is -2.17. The van der Waals surface area contributed by atoms with E-state index in [9.17, 15) is 4.79 Å². The summed E-state index contributed by atoms with van der Waals surface area (Å²) in [4.78, 5) is 16.2. The molecule has 0 saturated carbocycles. The van der Waals surface area contributed by atoms with E-state index in [0.717, 1.165) is 29.3 Å². The number of aromatic nitrogens is 2. The Kier molecular flexibility index (Phi) is 6.79. The highest BCUT2D eigenvalue weighted by Gasteiger charge is 2.12. The van der Waals surface area contributed by atoms with Gasteiger partial charge in [0.15, 0.2) is 0 Å². The average Bonchev–Trinajstić information content (AvgIpc) is 3.15. The Labute approximate surface area is 167 Å². The highest BCUT2D eigenvalue weighted by molar-refractivity contribution is 8.00. The molecule has 1 heterocycles. The summed E-state index contributed by atoms with van der Waals surface area (Å²) in [5.41, 5.74) is 7.12. The molecule has 3 rings (SSSR count). The van der Waals surface area contributed by atoms with E-state index in [1.807, 2.05) is 60.7 Å². The predicted molar refractivity (Wildman–Crippen MR) is 111 cm³/mol. The Hall–Kier alpha value is -2.44. The van der Waals surface area contributed by atoms with Crippen molar-refractivity contribution in [3.05, 3.63) is 77.8 Å². The van der Waals surface area contributed by atoms with Crippen LogP contribution in [0.3, 0.4) is 0 Å². The normalized spacial score (nSPS) is 11.9. The van der Waals surface area contributed by atoms with Crippen LogP contribution in [0.15, 0.2) is 72.1 Å². The van der Waals surface area contributed by atoms with Crippen LogP contribution in [0.1, 0.15) is 12.0 Å². The van der Waals surface area contributed by atoms with Crippen LogP contribution < -0.4 is 11.1 Å². The number of primary amides is 1. The van der Waals surface area contributed by atoms with Crippen molar-refractivity contribution in [3.63, 3.8) is 0 Å². The molecule has 0 aliphatic carbocycles. The lowest BCUT2D eigenvalue weighted by Crippen LogP contribution is -2.19. The summed E-state index contributed by atoms with van der Waals surface area (Å²) in [6.07, 6.45) is 7.62. The molecule has 140 valence electrons. The second-order valence-electron chi connectivity index (χ2n) is 6.18. The van der Waals surface area contributed by atoms with Gasteiger partial charge in [-0.05, 0) is 54.8 Å². The van der Waals surface area contributed by atoms with Gasteiger partial charge in [-0.15, -0.1) is 11.8 Å². The molecule has 0 aliphatic rings. The van der Waals surface area contributed by atoms with Crippen LogP contribution in [0.2, 0.25) is 5.02 Å². The van der Waals surface area contributed by atoms with Gasteiger partial charge < -0.3 is 15.6 Å². The maximum atomic E-state index is 10.9. The summed E-state index contributed by atoms with van der Waals surface area (Å²) in [5, 5.41) is 3.72. The van der Waals surface area contributed by atoms with Crippen molar-refractivity contribution in [1.82, 2.24) is 9.55 Å². The number of carbonyl (C=O) groups is 1. The maximum absolute atomic E-state index is 10.9. The molecule has 5 nitrogen and oxygen atoms in total. The number of anilines is 1. The van der Waals surface area contributed by atoms with E-state index in [1.165, 1.54) is 5.56 Å². The van der Waals surface area contributed by atoms with Gasteiger partial charge in [0, 0.05) is 39.8 Å². The molecule has 3 N–H and O–H groups in total. The number of aryl methyl sites for hydroxylation is 1. The van der Waals surface area contributed by atoms with Crippen LogP contribution in [-0.2, 0) is 13.0 Å². The fourth-order valence-corrected chi connectivity index (χ4v) is 4.03. The van der Waals surface area contributed by atoms with Crippen molar-refractivity contribution in [3.8, 4) is 0 Å². The van der Waals surface area contributed by atoms with Crippen molar-refractivity contribution in [2.24, 2.45) is 5.73 Å². The Morgan fingerprint density at radius 1 is 1.19 bits per heavy atom. The highest BCUT2D eigenvalue weighted by Crippen LogP contribution is 2.29. The molecule has 0 bridgehead atoms. The number of urea groups is 1. The van der Waals surface area contributed by atoms with Crippen LogP contribution in [0.5, 0.6) is 0 Å². The van der Waals surface area contributed by atoms with Crippen LogP contribution in [0, 0.1) is 0 Å². The molecule has 0 saturated heterocycles.